The first-order chi connectivity index (χ1) is 10.1. The SMILES string of the molecule is COCCNCc1cc(Cl)ccc1N(CCO)CC(F)F. The molecule has 1 rings (SSSR count). The van der Waals surface area contributed by atoms with Gasteiger partial charge in [0.15, 0.2) is 0 Å². The molecule has 1 aromatic rings. The Hall–Kier alpha value is -0.950. The van der Waals surface area contributed by atoms with Crippen LogP contribution in [0.1, 0.15) is 5.56 Å². The van der Waals surface area contributed by atoms with Crippen LogP contribution in [0, 0.1) is 0 Å². The highest BCUT2D eigenvalue weighted by Crippen LogP contribution is 2.25. The zero-order valence-corrected chi connectivity index (χ0v) is 12.7. The number of rotatable bonds is 10. The molecule has 0 saturated heterocycles. The largest absolute Gasteiger partial charge is 0.395 e. The molecule has 0 spiro atoms. The van der Waals surface area contributed by atoms with Crippen molar-refractivity contribution in [1.82, 2.24) is 5.32 Å². The van der Waals surface area contributed by atoms with Gasteiger partial charge in [-0.2, -0.15) is 0 Å². The lowest BCUT2D eigenvalue weighted by molar-refractivity contribution is 0.152. The van der Waals surface area contributed by atoms with Gasteiger partial charge in [0.2, 0.25) is 0 Å². The minimum atomic E-state index is -2.47. The number of alkyl halides is 2. The molecule has 4 nitrogen and oxygen atoms in total. The van der Waals surface area contributed by atoms with Crippen molar-refractivity contribution in [1.29, 1.82) is 0 Å². The lowest BCUT2D eigenvalue weighted by Crippen LogP contribution is -2.33. The second kappa shape index (κ2) is 9.89. The number of aliphatic hydroxyl groups excluding tert-OH is 1. The molecule has 2 N–H and O–H groups in total. The van der Waals surface area contributed by atoms with Crippen LogP contribution in [0.15, 0.2) is 18.2 Å². The minimum absolute atomic E-state index is 0.150. The van der Waals surface area contributed by atoms with E-state index in [1.54, 1.807) is 25.3 Å². The molecule has 0 amide bonds. The molecule has 0 unspecified atom stereocenters. The van der Waals surface area contributed by atoms with E-state index in [9.17, 15) is 8.78 Å². The van der Waals surface area contributed by atoms with E-state index in [2.05, 4.69) is 5.32 Å². The van der Waals surface area contributed by atoms with Crippen molar-refractivity contribution in [2.75, 3.05) is 44.9 Å². The lowest BCUT2D eigenvalue weighted by atomic mass is 10.1. The van der Waals surface area contributed by atoms with Crippen LogP contribution in [0.4, 0.5) is 14.5 Å². The van der Waals surface area contributed by atoms with Crippen LogP contribution in [-0.4, -0.2) is 51.5 Å². The van der Waals surface area contributed by atoms with Crippen LogP contribution >= 0.6 is 11.6 Å². The van der Waals surface area contributed by atoms with Crippen LogP contribution in [-0.2, 0) is 11.3 Å². The topological polar surface area (TPSA) is 44.7 Å². The average molecular weight is 323 g/mol. The molecule has 0 aliphatic carbocycles. The summed E-state index contributed by atoms with van der Waals surface area (Å²) in [6, 6.07) is 5.10. The molecular formula is C14H21ClF2N2O2. The number of methoxy groups -OCH3 is 1. The van der Waals surface area contributed by atoms with Crippen molar-refractivity contribution < 1.29 is 18.6 Å². The first kappa shape index (κ1) is 18.1. The molecule has 0 radical (unpaired) electrons. The lowest BCUT2D eigenvalue weighted by Gasteiger charge is -2.26. The molecule has 0 atom stereocenters. The number of aliphatic hydroxyl groups is 1. The van der Waals surface area contributed by atoms with Crippen molar-refractivity contribution in [2.45, 2.75) is 13.0 Å². The van der Waals surface area contributed by atoms with Crippen LogP contribution < -0.4 is 10.2 Å². The monoisotopic (exact) mass is 322 g/mol. The van der Waals surface area contributed by atoms with Gasteiger partial charge >= 0.3 is 0 Å². The van der Waals surface area contributed by atoms with Gasteiger partial charge in [-0.25, -0.2) is 8.78 Å². The summed E-state index contributed by atoms with van der Waals surface area (Å²) < 4.78 is 30.3. The maximum Gasteiger partial charge on any atom is 0.255 e. The minimum Gasteiger partial charge on any atom is -0.395 e. The Bertz CT molecular complexity index is 422. The van der Waals surface area contributed by atoms with Crippen LogP contribution in [0.2, 0.25) is 5.02 Å². The molecule has 0 fully saturated rings. The van der Waals surface area contributed by atoms with E-state index in [-0.39, 0.29) is 13.2 Å². The molecular weight excluding hydrogens is 302 g/mol. The summed E-state index contributed by atoms with van der Waals surface area (Å²) in [4.78, 5) is 1.47. The highest BCUT2D eigenvalue weighted by atomic mass is 35.5. The Morgan fingerprint density at radius 2 is 2.19 bits per heavy atom. The van der Waals surface area contributed by atoms with E-state index in [0.717, 1.165) is 5.56 Å². The summed E-state index contributed by atoms with van der Waals surface area (Å²) in [5.74, 6) is 0. The smallest absolute Gasteiger partial charge is 0.255 e. The van der Waals surface area contributed by atoms with Gasteiger partial charge in [0.25, 0.3) is 6.43 Å². The summed E-state index contributed by atoms with van der Waals surface area (Å²) in [5.41, 5.74) is 1.46. The molecule has 1 aromatic carbocycles. The quantitative estimate of drug-likeness (QED) is 0.648. The second-order valence-corrected chi connectivity index (χ2v) is 4.94. The third kappa shape index (κ3) is 6.56. The van der Waals surface area contributed by atoms with Crippen molar-refractivity contribution in [3.63, 3.8) is 0 Å². The Labute approximate surface area is 128 Å². The van der Waals surface area contributed by atoms with Crippen molar-refractivity contribution in [2.24, 2.45) is 0 Å². The molecule has 0 aromatic heterocycles. The first-order valence-corrected chi connectivity index (χ1v) is 7.08. The van der Waals surface area contributed by atoms with Crippen LogP contribution in [0.5, 0.6) is 0 Å². The average Bonchev–Trinajstić information content (AvgIpc) is 2.43. The molecule has 0 aliphatic heterocycles. The van der Waals surface area contributed by atoms with Gasteiger partial charge < -0.3 is 20.1 Å². The van der Waals surface area contributed by atoms with Gasteiger partial charge in [0.1, 0.15) is 0 Å². The number of ether oxygens (including phenoxy) is 1. The Balaban J connectivity index is 2.86. The summed E-state index contributed by atoms with van der Waals surface area (Å²) in [6.45, 7) is 1.24. The number of nitrogens with one attached hydrogen (secondary N) is 1. The van der Waals surface area contributed by atoms with E-state index in [1.165, 1.54) is 4.90 Å². The maximum absolute atomic E-state index is 12.7. The first-order valence-electron chi connectivity index (χ1n) is 6.70. The number of hydrogen-bond acceptors (Lipinski definition) is 4. The third-order valence-electron chi connectivity index (χ3n) is 2.91. The fourth-order valence-corrected chi connectivity index (χ4v) is 2.19. The number of hydrogen-bond donors (Lipinski definition) is 2. The fraction of sp³-hybridized carbons (Fsp3) is 0.571. The van der Waals surface area contributed by atoms with Gasteiger partial charge in [-0.3, -0.25) is 0 Å². The standard InChI is InChI=1S/C14H21ClF2N2O2/c1-21-7-4-18-9-11-8-12(15)2-3-13(11)19(5-6-20)10-14(16)17/h2-3,8,14,18,20H,4-7,9-10H2,1H3. The van der Waals surface area contributed by atoms with Crippen molar-refractivity contribution >= 4 is 17.3 Å². The molecule has 0 saturated carbocycles. The van der Waals surface area contributed by atoms with Gasteiger partial charge in [-0.15, -0.1) is 0 Å². The van der Waals surface area contributed by atoms with E-state index in [1.807, 2.05) is 0 Å². The normalized spacial score (nSPS) is 11.1. The van der Waals surface area contributed by atoms with E-state index in [0.29, 0.717) is 30.4 Å². The van der Waals surface area contributed by atoms with Gasteiger partial charge in [0, 0.05) is 37.5 Å². The molecule has 21 heavy (non-hydrogen) atoms. The Morgan fingerprint density at radius 1 is 1.43 bits per heavy atom. The molecule has 120 valence electrons. The third-order valence-corrected chi connectivity index (χ3v) is 3.14. The van der Waals surface area contributed by atoms with Gasteiger partial charge in [0.05, 0.1) is 19.8 Å². The predicted molar refractivity (Wildman–Crippen MR) is 80.3 cm³/mol. The van der Waals surface area contributed by atoms with Crippen LogP contribution in [0.25, 0.3) is 0 Å². The zero-order valence-electron chi connectivity index (χ0n) is 12.0. The molecule has 0 aliphatic rings. The van der Waals surface area contributed by atoms with E-state index < -0.39 is 13.0 Å². The van der Waals surface area contributed by atoms with E-state index in [4.69, 9.17) is 21.4 Å². The number of nitrogens with zero attached hydrogens (tertiary/aromatic N) is 1. The van der Waals surface area contributed by atoms with Gasteiger partial charge in [-0.1, -0.05) is 11.6 Å². The molecule has 0 bridgehead atoms. The maximum atomic E-state index is 12.7. The summed E-state index contributed by atoms with van der Waals surface area (Å²) in [7, 11) is 1.61. The zero-order chi connectivity index (χ0) is 15.7. The highest BCUT2D eigenvalue weighted by Gasteiger charge is 2.15. The van der Waals surface area contributed by atoms with E-state index >= 15 is 0 Å². The van der Waals surface area contributed by atoms with Crippen molar-refractivity contribution in [3.8, 4) is 0 Å². The highest BCUT2D eigenvalue weighted by molar-refractivity contribution is 6.30. The predicted octanol–water partition coefficient (Wildman–Crippen LogP) is 2.14. The summed E-state index contributed by atoms with van der Waals surface area (Å²) in [6.07, 6.45) is -2.47. The second-order valence-electron chi connectivity index (χ2n) is 4.50. The summed E-state index contributed by atoms with van der Waals surface area (Å²) >= 11 is 5.98. The number of anilines is 1. The molecule has 7 heteroatoms. The van der Waals surface area contributed by atoms with Gasteiger partial charge in [-0.05, 0) is 23.8 Å². The summed E-state index contributed by atoms with van der Waals surface area (Å²) in [5, 5.41) is 12.8. The van der Waals surface area contributed by atoms with Crippen molar-refractivity contribution in [3.05, 3.63) is 28.8 Å². The number of halogens is 3. The number of benzene rings is 1. The Morgan fingerprint density at radius 3 is 2.81 bits per heavy atom. The fourth-order valence-electron chi connectivity index (χ4n) is 2.00. The molecule has 0 heterocycles. The Kier molecular flexibility index (Phi) is 8.52. The van der Waals surface area contributed by atoms with Crippen LogP contribution in [0.3, 0.4) is 0 Å².